The number of H-pyrrole nitrogens is 1. The molecule has 29 heavy (non-hydrogen) atoms. The van der Waals surface area contributed by atoms with Gasteiger partial charge < -0.3 is 15.6 Å². The monoisotopic (exact) mass is 407 g/mol. The first kappa shape index (κ1) is 17.7. The smallest absolute Gasteiger partial charge is 0.256 e. The van der Waals surface area contributed by atoms with Gasteiger partial charge in [0.2, 0.25) is 0 Å². The summed E-state index contributed by atoms with van der Waals surface area (Å²) in [6.45, 7) is 0.532. The molecule has 0 spiro atoms. The van der Waals surface area contributed by atoms with Gasteiger partial charge in [0.25, 0.3) is 11.8 Å². The minimum Gasteiger partial charge on any atom is -0.358 e. The lowest BCUT2D eigenvalue weighted by atomic mass is 9.95. The van der Waals surface area contributed by atoms with E-state index in [1.807, 2.05) is 0 Å². The quantitative estimate of drug-likeness (QED) is 0.555. The summed E-state index contributed by atoms with van der Waals surface area (Å²) in [5, 5.41) is 6.19. The molecule has 2 aromatic carbocycles. The van der Waals surface area contributed by atoms with Crippen molar-refractivity contribution in [1.82, 2.24) is 10.3 Å². The Bertz CT molecular complexity index is 1210. The number of fused-ring (bicyclic) bond motifs is 2. The van der Waals surface area contributed by atoms with Crippen LogP contribution in [-0.2, 0) is 11.2 Å². The molecule has 7 heteroatoms. The molecular formula is C22H15ClFN3O2. The van der Waals surface area contributed by atoms with Crippen molar-refractivity contribution < 1.29 is 14.0 Å². The Morgan fingerprint density at radius 1 is 1.00 bits per heavy atom. The topological polar surface area (TPSA) is 74.0 Å². The van der Waals surface area contributed by atoms with E-state index in [-0.39, 0.29) is 17.6 Å². The zero-order valence-electron chi connectivity index (χ0n) is 15.1. The molecule has 2 aliphatic heterocycles. The van der Waals surface area contributed by atoms with Gasteiger partial charge in [-0.3, -0.25) is 9.59 Å². The van der Waals surface area contributed by atoms with Crippen LogP contribution >= 0.6 is 11.6 Å². The van der Waals surface area contributed by atoms with Gasteiger partial charge in [-0.05, 0) is 42.0 Å². The Morgan fingerprint density at radius 3 is 2.59 bits per heavy atom. The first-order chi connectivity index (χ1) is 14.0. The van der Waals surface area contributed by atoms with Crippen molar-refractivity contribution in [3.05, 3.63) is 75.8 Å². The number of anilines is 1. The molecule has 2 aliphatic rings. The molecule has 3 N–H and O–H groups in total. The van der Waals surface area contributed by atoms with Crippen LogP contribution in [0.15, 0.2) is 42.5 Å². The number of aromatic nitrogens is 1. The molecule has 5 nitrogen and oxygen atoms in total. The third kappa shape index (κ3) is 2.93. The molecule has 3 aromatic rings. The molecule has 0 aliphatic carbocycles. The molecular weight excluding hydrogens is 393 g/mol. The number of benzene rings is 2. The summed E-state index contributed by atoms with van der Waals surface area (Å²) in [6.07, 6.45) is 2.37. The van der Waals surface area contributed by atoms with Crippen molar-refractivity contribution in [3.8, 4) is 11.1 Å². The number of aromatic amines is 1. The van der Waals surface area contributed by atoms with Crippen LogP contribution in [0.1, 0.15) is 27.3 Å². The molecule has 3 heterocycles. The highest BCUT2D eigenvalue weighted by Crippen LogP contribution is 2.38. The molecule has 5 rings (SSSR count). The normalized spacial score (nSPS) is 16.4. The number of amides is 2. The lowest BCUT2D eigenvalue weighted by Gasteiger charge is -2.14. The van der Waals surface area contributed by atoms with Gasteiger partial charge in [0.05, 0.1) is 11.1 Å². The molecule has 0 unspecified atom stereocenters. The van der Waals surface area contributed by atoms with Gasteiger partial charge in [0.15, 0.2) is 0 Å². The fraction of sp³-hybridized carbons (Fsp3) is 0.0909. The van der Waals surface area contributed by atoms with Crippen LogP contribution < -0.4 is 10.6 Å². The molecule has 0 atom stereocenters. The Kier molecular flexibility index (Phi) is 4.03. The Hall–Kier alpha value is -3.38. The highest BCUT2D eigenvalue weighted by molar-refractivity contribution is 6.37. The second-order valence-corrected chi connectivity index (χ2v) is 7.42. The number of carbonyl (C=O) groups is 2. The van der Waals surface area contributed by atoms with Crippen LogP contribution in [0.25, 0.3) is 22.8 Å². The largest absolute Gasteiger partial charge is 0.358 e. The van der Waals surface area contributed by atoms with E-state index in [9.17, 15) is 14.0 Å². The lowest BCUT2D eigenvalue weighted by molar-refractivity contribution is -0.110. The van der Waals surface area contributed by atoms with E-state index in [4.69, 9.17) is 11.6 Å². The number of hydrogen-bond donors (Lipinski definition) is 3. The molecule has 0 radical (unpaired) electrons. The SMILES string of the molecule is O=C1Nc2ccc(Cl)cc2C1=Cc1[nH]c2c(c1-c1ccc(F)cc1)C(=O)NCC2. The second-order valence-electron chi connectivity index (χ2n) is 6.98. The molecule has 0 fully saturated rings. The molecule has 2 amide bonds. The van der Waals surface area contributed by atoms with Gasteiger partial charge in [-0.2, -0.15) is 0 Å². The first-order valence-electron chi connectivity index (χ1n) is 9.13. The third-order valence-corrected chi connectivity index (χ3v) is 5.42. The number of hydrogen-bond acceptors (Lipinski definition) is 2. The lowest BCUT2D eigenvalue weighted by Crippen LogP contribution is -2.31. The van der Waals surface area contributed by atoms with E-state index >= 15 is 0 Å². The number of nitrogens with one attached hydrogen (secondary N) is 3. The zero-order chi connectivity index (χ0) is 20.1. The Balaban J connectivity index is 1.73. The highest BCUT2D eigenvalue weighted by atomic mass is 35.5. The summed E-state index contributed by atoms with van der Waals surface area (Å²) in [5.74, 6) is -0.795. The Labute approximate surface area is 170 Å². The highest BCUT2D eigenvalue weighted by Gasteiger charge is 2.29. The summed E-state index contributed by atoms with van der Waals surface area (Å²) in [5.41, 5.74) is 5.11. The van der Waals surface area contributed by atoms with Gasteiger partial charge in [0, 0.05) is 46.2 Å². The van der Waals surface area contributed by atoms with Gasteiger partial charge >= 0.3 is 0 Å². The second kappa shape index (κ2) is 6.60. The molecule has 0 saturated heterocycles. The molecule has 0 saturated carbocycles. The van der Waals surface area contributed by atoms with Crippen LogP contribution in [0.2, 0.25) is 5.02 Å². The van der Waals surface area contributed by atoms with Gasteiger partial charge in [0.1, 0.15) is 5.82 Å². The maximum atomic E-state index is 13.5. The number of rotatable bonds is 2. The standard InChI is InChI=1S/C22H15ClFN3O2/c23-12-3-6-16-14(9-12)15(21(28)27-16)10-18-19(11-1-4-13(24)5-2-11)20-17(26-18)7-8-25-22(20)29/h1-6,9-10,26H,7-8H2,(H,25,29)(H,27,28). The van der Waals surface area contributed by atoms with Crippen LogP contribution in [0.5, 0.6) is 0 Å². The summed E-state index contributed by atoms with van der Waals surface area (Å²) in [4.78, 5) is 28.5. The van der Waals surface area contributed by atoms with Crippen molar-refractivity contribution >= 4 is 40.8 Å². The van der Waals surface area contributed by atoms with Crippen LogP contribution in [0.4, 0.5) is 10.1 Å². The van der Waals surface area contributed by atoms with E-state index in [2.05, 4.69) is 15.6 Å². The molecule has 1 aromatic heterocycles. The maximum Gasteiger partial charge on any atom is 0.256 e. The van der Waals surface area contributed by atoms with Crippen molar-refractivity contribution in [2.75, 3.05) is 11.9 Å². The predicted molar refractivity (Wildman–Crippen MR) is 110 cm³/mol. The van der Waals surface area contributed by atoms with E-state index < -0.39 is 0 Å². The molecule has 144 valence electrons. The van der Waals surface area contributed by atoms with Crippen LogP contribution in [0, 0.1) is 5.82 Å². The molecule has 0 bridgehead atoms. The Morgan fingerprint density at radius 2 is 1.79 bits per heavy atom. The predicted octanol–water partition coefficient (Wildman–Crippen LogP) is 4.25. The summed E-state index contributed by atoms with van der Waals surface area (Å²) in [6, 6.07) is 11.2. The summed E-state index contributed by atoms with van der Waals surface area (Å²) >= 11 is 6.12. The van der Waals surface area contributed by atoms with Gasteiger partial charge in [-0.15, -0.1) is 0 Å². The number of carbonyl (C=O) groups excluding carboxylic acids is 2. The summed E-state index contributed by atoms with van der Waals surface area (Å²) in [7, 11) is 0. The van der Waals surface area contributed by atoms with Crippen molar-refractivity contribution in [1.29, 1.82) is 0 Å². The van der Waals surface area contributed by atoms with E-state index in [1.165, 1.54) is 12.1 Å². The van der Waals surface area contributed by atoms with E-state index in [0.29, 0.717) is 57.2 Å². The van der Waals surface area contributed by atoms with Crippen molar-refractivity contribution in [2.45, 2.75) is 6.42 Å². The minimum absolute atomic E-state index is 0.189. The van der Waals surface area contributed by atoms with Crippen LogP contribution in [0.3, 0.4) is 0 Å². The van der Waals surface area contributed by atoms with Gasteiger partial charge in [-0.1, -0.05) is 23.7 Å². The van der Waals surface area contributed by atoms with E-state index in [1.54, 1.807) is 36.4 Å². The average molecular weight is 408 g/mol. The maximum absolute atomic E-state index is 13.5. The fourth-order valence-corrected chi connectivity index (χ4v) is 4.05. The van der Waals surface area contributed by atoms with Gasteiger partial charge in [-0.25, -0.2) is 4.39 Å². The third-order valence-electron chi connectivity index (χ3n) is 5.18. The average Bonchev–Trinajstić information content (AvgIpc) is 3.21. The first-order valence-corrected chi connectivity index (χ1v) is 9.51. The van der Waals surface area contributed by atoms with Crippen LogP contribution in [-0.4, -0.2) is 23.3 Å². The fourth-order valence-electron chi connectivity index (χ4n) is 3.87. The van der Waals surface area contributed by atoms with Crippen molar-refractivity contribution in [3.63, 3.8) is 0 Å². The van der Waals surface area contributed by atoms with E-state index in [0.717, 1.165) is 5.69 Å². The zero-order valence-corrected chi connectivity index (χ0v) is 15.9. The summed E-state index contributed by atoms with van der Waals surface area (Å²) < 4.78 is 13.5. The van der Waals surface area contributed by atoms with Crippen molar-refractivity contribution in [2.24, 2.45) is 0 Å². The minimum atomic E-state index is -0.360. The number of halogens is 2.